The van der Waals surface area contributed by atoms with Crippen molar-refractivity contribution < 1.29 is 9.53 Å². The molecule has 76 valence electrons. The minimum atomic E-state index is -0.134. The standard InChI is InChI=1S/C8H16N2O2S/c1-3-6(4-7(9)13)10-8(11)5-12-2/h6H,3-5H2,1-2H3,(H2,9,13)(H,10,11). The fourth-order valence-corrected chi connectivity index (χ4v) is 1.14. The molecule has 0 heterocycles. The predicted octanol–water partition coefficient (Wildman–Crippen LogP) is 0.204. The van der Waals surface area contributed by atoms with E-state index in [2.05, 4.69) is 10.1 Å². The molecule has 0 saturated carbocycles. The summed E-state index contributed by atoms with van der Waals surface area (Å²) in [6, 6.07) is 0.0279. The lowest BCUT2D eigenvalue weighted by Gasteiger charge is -2.15. The molecule has 0 aliphatic rings. The summed E-state index contributed by atoms with van der Waals surface area (Å²) < 4.78 is 4.68. The van der Waals surface area contributed by atoms with Crippen LogP contribution in [0.25, 0.3) is 0 Å². The fourth-order valence-electron chi connectivity index (χ4n) is 0.941. The molecule has 0 aromatic carbocycles. The van der Waals surface area contributed by atoms with Crippen molar-refractivity contribution in [2.24, 2.45) is 5.73 Å². The number of carbonyl (C=O) groups is 1. The number of carbonyl (C=O) groups excluding carboxylic acids is 1. The summed E-state index contributed by atoms with van der Waals surface area (Å²) in [5.74, 6) is -0.134. The van der Waals surface area contributed by atoms with Crippen LogP contribution in [-0.4, -0.2) is 30.7 Å². The van der Waals surface area contributed by atoms with Crippen LogP contribution in [-0.2, 0) is 9.53 Å². The Morgan fingerprint density at radius 1 is 1.69 bits per heavy atom. The Balaban J connectivity index is 3.83. The van der Waals surface area contributed by atoms with Gasteiger partial charge in [-0.3, -0.25) is 4.79 Å². The second kappa shape index (κ2) is 6.80. The van der Waals surface area contributed by atoms with E-state index in [1.807, 2.05) is 6.92 Å². The summed E-state index contributed by atoms with van der Waals surface area (Å²) >= 11 is 4.75. The highest BCUT2D eigenvalue weighted by atomic mass is 32.1. The number of hydrogen-bond acceptors (Lipinski definition) is 3. The van der Waals surface area contributed by atoms with Gasteiger partial charge in [-0.25, -0.2) is 0 Å². The van der Waals surface area contributed by atoms with E-state index in [1.54, 1.807) is 0 Å². The van der Waals surface area contributed by atoms with Crippen molar-refractivity contribution in [2.75, 3.05) is 13.7 Å². The summed E-state index contributed by atoms with van der Waals surface area (Å²) in [4.78, 5) is 11.5. The first-order chi connectivity index (χ1) is 6.10. The number of hydrogen-bond donors (Lipinski definition) is 2. The fraction of sp³-hybridized carbons (Fsp3) is 0.750. The molecule has 0 aromatic heterocycles. The zero-order valence-corrected chi connectivity index (χ0v) is 8.82. The molecule has 1 unspecified atom stereocenters. The van der Waals surface area contributed by atoms with Gasteiger partial charge in [0.2, 0.25) is 5.91 Å². The quantitative estimate of drug-likeness (QED) is 0.607. The number of amides is 1. The van der Waals surface area contributed by atoms with E-state index >= 15 is 0 Å². The molecular formula is C8H16N2O2S. The molecule has 3 N–H and O–H groups in total. The molecule has 0 aromatic rings. The van der Waals surface area contributed by atoms with Gasteiger partial charge in [-0.2, -0.15) is 0 Å². The van der Waals surface area contributed by atoms with Gasteiger partial charge in [0.15, 0.2) is 0 Å². The van der Waals surface area contributed by atoms with E-state index in [-0.39, 0.29) is 18.6 Å². The smallest absolute Gasteiger partial charge is 0.246 e. The first-order valence-corrected chi connectivity index (χ1v) is 4.57. The van der Waals surface area contributed by atoms with Crippen molar-refractivity contribution in [3.8, 4) is 0 Å². The van der Waals surface area contributed by atoms with Gasteiger partial charge in [0, 0.05) is 19.6 Å². The maximum Gasteiger partial charge on any atom is 0.246 e. The predicted molar refractivity (Wildman–Crippen MR) is 55.5 cm³/mol. The van der Waals surface area contributed by atoms with Crippen LogP contribution in [0.1, 0.15) is 19.8 Å². The van der Waals surface area contributed by atoms with Gasteiger partial charge in [-0.15, -0.1) is 0 Å². The molecule has 0 fully saturated rings. The highest BCUT2D eigenvalue weighted by molar-refractivity contribution is 7.80. The van der Waals surface area contributed by atoms with Crippen LogP contribution in [0.5, 0.6) is 0 Å². The number of thiocarbonyl (C=S) groups is 1. The normalized spacial score (nSPS) is 12.2. The third-order valence-electron chi connectivity index (χ3n) is 1.58. The van der Waals surface area contributed by atoms with E-state index in [0.29, 0.717) is 11.4 Å². The Kier molecular flexibility index (Phi) is 6.44. The number of nitrogens with one attached hydrogen (secondary N) is 1. The highest BCUT2D eigenvalue weighted by Crippen LogP contribution is 1.97. The van der Waals surface area contributed by atoms with Gasteiger partial charge in [0.25, 0.3) is 0 Å². The average Bonchev–Trinajstić information content (AvgIpc) is 2.02. The molecule has 4 nitrogen and oxygen atoms in total. The van der Waals surface area contributed by atoms with Crippen molar-refractivity contribution in [2.45, 2.75) is 25.8 Å². The Hall–Kier alpha value is -0.680. The van der Waals surface area contributed by atoms with Crippen molar-refractivity contribution >= 4 is 23.1 Å². The summed E-state index contributed by atoms with van der Waals surface area (Å²) in [6.07, 6.45) is 1.36. The molecule has 0 aliphatic carbocycles. The SMILES string of the molecule is CCC(CC(N)=S)NC(=O)COC. The molecule has 13 heavy (non-hydrogen) atoms. The summed E-state index contributed by atoms with van der Waals surface area (Å²) in [6.45, 7) is 2.05. The molecule has 0 aliphatic heterocycles. The molecular weight excluding hydrogens is 188 g/mol. The lowest BCUT2D eigenvalue weighted by Crippen LogP contribution is -2.38. The van der Waals surface area contributed by atoms with E-state index < -0.39 is 0 Å². The van der Waals surface area contributed by atoms with Gasteiger partial charge < -0.3 is 15.8 Å². The second-order valence-corrected chi connectivity index (χ2v) is 3.30. The molecule has 0 rings (SSSR count). The minimum absolute atomic E-state index is 0.0279. The second-order valence-electron chi connectivity index (χ2n) is 2.78. The third-order valence-corrected chi connectivity index (χ3v) is 1.75. The van der Waals surface area contributed by atoms with Crippen molar-refractivity contribution in [1.82, 2.24) is 5.32 Å². The van der Waals surface area contributed by atoms with Gasteiger partial charge in [0.05, 0.1) is 4.99 Å². The van der Waals surface area contributed by atoms with E-state index in [9.17, 15) is 4.79 Å². The van der Waals surface area contributed by atoms with Crippen molar-refractivity contribution in [1.29, 1.82) is 0 Å². The van der Waals surface area contributed by atoms with Gasteiger partial charge in [-0.1, -0.05) is 19.1 Å². The average molecular weight is 204 g/mol. The summed E-state index contributed by atoms with van der Waals surface area (Å²) in [7, 11) is 1.48. The van der Waals surface area contributed by atoms with Gasteiger partial charge >= 0.3 is 0 Å². The van der Waals surface area contributed by atoms with Crippen LogP contribution in [0.2, 0.25) is 0 Å². The minimum Gasteiger partial charge on any atom is -0.393 e. The largest absolute Gasteiger partial charge is 0.393 e. The maximum atomic E-state index is 11.1. The molecule has 0 radical (unpaired) electrons. The van der Waals surface area contributed by atoms with Crippen molar-refractivity contribution in [3.05, 3.63) is 0 Å². The lowest BCUT2D eigenvalue weighted by molar-refractivity contribution is -0.125. The molecule has 0 bridgehead atoms. The lowest BCUT2D eigenvalue weighted by atomic mass is 10.1. The first-order valence-electron chi connectivity index (χ1n) is 4.16. The van der Waals surface area contributed by atoms with Crippen LogP contribution in [0.15, 0.2) is 0 Å². The van der Waals surface area contributed by atoms with E-state index in [4.69, 9.17) is 18.0 Å². The van der Waals surface area contributed by atoms with Crippen LogP contribution in [0, 0.1) is 0 Å². The molecule has 0 saturated heterocycles. The highest BCUT2D eigenvalue weighted by Gasteiger charge is 2.10. The maximum absolute atomic E-state index is 11.1. The van der Waals surface area contributed by atoms with E-state index in [0.717, 1.165) is 6.42 Å². The third kappa shape index (κ3) is 6.48. The molecule has 0 spiro atoms. The van der Waals surface area contributed by atoms with Crippen LogP contribution < -0.4 is 11.1 Å². The Morgan fingerprint density at radius 2 is 2.31 bits per heavy atom. The van der Waals surface area contributed by atoms with Crippen LogP contribution >= 0.6 is 12.2 Å². The monoisotopic (exact) mass is 204 g/mol. The van der Waals surface area contributed by atoms with Crippen molar-refractivity contribution in [3.63, 3.8) is 0 Å². The Bertz CT molecular complexity index is 185. The summed E-state index contributed by atoms with van der Waals surface area (Å²) in [5, 5.41) is 2.77. The molecule has 1 atom stereocenters. The topological polar surface area (TPSA) is 64.3 Å². The van der Waals surface area contributed by atoms with Gasteiger partial charge in [0.1, 0.15) is 6.61 Å². The zero-order valence-electron chi connectivity index (χ0n) is 8.00. The Labute approximate surface area is 83.8 Å². The summed E-state index contributed by atoms with van der Waals surface area (Å²) in [5.41, 5.74) is 5.37. The first kappa shape index (κ1) is 12.3. The number of rotatable bonds is 6. The molecule has 5 heteroatoms. The zero-order chi connectivity index (χ0) is 10.3. The van der Waals surface area contributed by atoms with Crippen LogP contribution in [0.4, 0.5) is 0 Å². The van der Waals surface area contributed by atoms with Gasteiger partial charge in [-0.05, 0) is 6.42 Å². The molecule has 1 amide bonds. The van der Waals surface area contributed by atoms with E-state index in [1.165, 1.54) is 7.11 Å². The Morgan fingerprint density at radius 3 is 2.69 bits per heavy atom. The number of methoxy groups -OCH3 is 1. The number of nitrogens with two attached hydrogens (primary N) is 1. The number of ether oxygens (including phenoxy) is 1. The van der Waals surface area contributed by atoms with Crippen LogP contribution in [0.3, 0.4) is 0 Å².